The van der Waals surface area contributed by atoms with Crippen molar-refractivity contribution in [2.45, 2.75) is 30.7 Å². The van der Waals surface area contributed by atoms with E-state index in [9.17, 15) is 57.8 Å². The first-order chi connectivity index (χ1) is 7.87. The Hall–Kier alpha value is -0.920. The summed E-state index contributed by atoms with van der Waals surface area (Å²) in [6, 6.07) is 0. The first-order valence-electron chi connectivity index (χ1n) is 3.64. The highest BCUT2D eigenvalue weighted by atomic mass is 19.4. The highest BCUT2D eigenvalue weighted by Crippen LogP contribution is 2.52. The number of halogens is 12. The largest absolute Gasteiger partial charge is 0.794 e. The number of hydrogen-bond donors (Lipinski definition) is 0. The Morgan fingerprint density at radius 2 is 0.842 bits per heavy atom. The summed E-state index contributed by atoms with van der Waals surface area (Å²) >= 11 is 0. The SMILES string of the molecule is [O-]C(F)(F)C(F)(N(C(F)(F)F)C(F)(F)F)C(F)(F)F. The molecule has 116 valence electrons. The van der Waals surface area contributed by atoms with Crippen LogP contribution in [-0.4, -0.2) is 35.6 Å². The molecule has 0 spiro atoms. The molecule has 0 aliphatic heterocycles. The Kier molecular flexibility index (Phi) is 4.08. The third kappa shape index (κ3) is 3.16. The fourth-order valence-electron chi connectivity index (χ4n) is 0.915. The van der Waals surface area contributed by atoms with Crippen molar-refractivity contribution in [1.82, 2.24) is 4.90 Å². The van der Waals surface area contributed by atoms with Crippen LogP contribution in [0.3, 0.4) is 0 Å². The zero-order valence-corrected chi connectivity index (χ0v) is 7.89. The summed E-state index contributed by atoms with van der Waals surface area (Å²) in [4.78, 5) is -4.12. The molecule has 0 N–H and O–H groups in total. The van der Waals surface area contributed by atoms with E-state index in [0.717, 1.165) is 0 Å². The van der Waals surface area contributed by atoms with Gasteiger partial charge in [-0.05, 0) is 0 Å². The molecule has 19 heavy (non-hydrogen) atoms. The van der Waals surface area contributed by atoms with Crippen LogP contribution in [0.1, 0.15) is 0 Å². The Labute approximate surface area is 94.7 Å². The van der Waals surface area contributed by atoms with Crippen LogP contribution in [0.2, 0.25) is 0 Å². The van der Waals surface area contributed by atoms with Gasteiger partial charge in [0.1, 0.15) is 0 Å². The van der Waals surface area contributed by atoms with Gasteiger partial charge in [0, 0.05) is 0 Å². The van der Waals surface area contributed by atoms with Gasteiger partial charge >= 0.3 is 24.6 Å². The Morgan fingerprint density at radius 3 is 0.895 bits per heavy atom. The van der Waals surface area contributed by atoms with Gasteiger partial charge in [-0.2, -0.15) is 39.5 Å². The predicted molar refractivity (Wildman–Crippen MR) is 28.8 cm³/mol. The van der Waals surface area contributed by atoms with Crippen molar-refractivity contribution in [2.24, 2.45) is 0 Å². The fraction of sp³-hybridized carbons (Fsp3) is 1.00. The topological polar surface area (TPSA) is 26.3 Å². The highest BCUT2D eigenvalue weighted by molar-refractivity contribution is 4.95. The minimum atomic E-state index is -7.55. The van der Waals surface area contributed by atoms with Gasteiger partial charge in [0.2, 0.25) is 6.11 Å². The molecule has 14 heteroatoms. The van der Waals surface area contributed by atoms with E-state index in [2.05, 4.69) is 0 Å². The smallest absolute Gasteiger partial charge is 0.470 e. The maximum Gasteiger partial charge on any atom is 0.470 e. The molecule has 0 saturated heterocycles. The molecular weight excluding hydrogens is 318 g/mol. The van der Waals surface area contributed by atoms with Crippen molar-refractivity contribution in [3.63, 3.8) is 0 Å². The average molecular weight is 318 g/mol. The third-order valence-electron chi connectivity index (χ3n) is 1.58. The van der Waals surface area contributed by atoms with Crippen LogP contribution < -0.4 is 5.11 Å². The summed E-state index contributed by atoms with van der Waals surface area (Å²) < 4.78 is 143. The maximum atomic E-state index is 12.8. The molecule has 2 nitrogen and oxygen atoms in total. The van der Waals surface area contributed by atoms with E-state index < -0.39 is 35.6 Å². The molecule has 0 fully saturated rings. The van der Waals surface area contributed by atoms with Crippen molar-refractivity contribution in [3.8, 4) is 0 Å². The van der Waals surface area contributed by atoms with Crippen molar-refractivity contribution in [1.29, 1.82) is 0 Å². The average Bonchev–Trinajstić information content (AvgIpc) is 1.92. The van der Waals surface area contributed by atoms with Gasteiger partial charge in [0.15, 0.2) is 0 Å². The number of nitrogens with zero attached hydrogens (tertiary/aromatic N) is 1. The Bertz CT molecular complexity index is 291. The third-order valence-corrected chi connectivity index (χ3v) is 1.58. The van der Waals surface area contributed by atoms with Gasteiger partial charge in [0.05, 0.1) is 0 Å². The zero-order valence-electron chi connectivity index (χ0n) is 7.89. The van der Waals surface area contributed by atoms with Crippen LogP contribution in [0.5, 0.6) is 0 Å². The summed E-state index contributed by atoms with van der Waals surface area (Å²) in [6.07, 6.45) is -29.3. The second-order valence-corrected chi connectivity index (χ2v) is 2.91. The van der Waals surface area contributed by atoms with E-state index in [-0.39, 0.29) is 0 Å². The molecule has 0 aromatic carbocycles. The van der Waals surface area contributed by atoms with Crippen LogP contribution in [0.15, 0.2) is 0 Å². The van der Waals surface area contributed by atoms with Gasteiger partial charge in [-0.1, -0.05) is 4.90 Å². The number of hydrogen-bond acceptors (Lipinski definition) is 2. The standard InChI is InChI=1S/C5F12NO/c6-1(2(7,8)9,3(10,11)19)18(4(12,13)14)5(15,16)17/q-1. The van der Waals surface area contributed by atoms with E-state index in [1.165, 1.54) is 0 Å². The first kappa shape index (κ1) is 18.1. The van der Waals surface area contributed by atoms with E-state index in [4.69, 9.17) is 0 Å². The normalized spacial score (nSPS) is 18.6. The van der Waals surface area contributed by atoms with Crippen molar-refractivity contribution >= 4 is 0 Å². The lowest BCUT2D eigenvalue weighted by atomic mass is 10.2. The number of alkyl halides is 12. The molecule has 0 bridgehead atoms. The van der Waals surface area contributed by atoms with Crippen molar-refractivity contribution in [3.05, 3.63) is 0 Å². The van der Waals surface area contributed by atoms with Gasteiger partial charge in [0.25, 0.3) is 0 Å². The molecular formula is C5F12NO-. The van der Waals surface area contributed by atoms with Crippen LogP contribution in [0, 0.1) is 0 Å². The van der Waals surface area contributed by atoms with Crippen LogP contribution in [0.25, 0.3) is 0 Å². The summed E-state index contributed by atoms with van der Waals surface area (Å²) in [5.74, 6) is -7.55. The van der Waals surface area contributed by atoms with E-state index in [1.807, 2.05) is 0 Å². The molecule has 0 aromatic rings. The molecule has 1 unspecified atom stereocenters. The second kappa shape index (κ2) is 4.29. The van der Waals surface area contributed by atoms with E-state index >= 15 is 0 Å². The molecule has 0 radical (unpaired) electrons. The van der Waals surface area contributed by atoms with Crippen LogP contribution in [-0.2, 0) is 0 Å². The summed E-state index contributed by atoms with van der Waals surface area (Å²) in [5.41, 5.74) is 0. The summed E-state index contributed by atoms with van der Waals surface area (Å²) in [7, 11) is 0. The van der Waals surface area contributed by atoms with Gasteiger partial charge in [-0.3, -0.25) is 0 Å². The Balaban J connectivity index is 6.28. The number of rotatable bonds is 2. The van der Waals surface area contributed by atoms with Crippen molar-refractivity contribution < 1.29 is 57.8 Å². The molecule has 0 aliphatic rings. The van der Waals surface area contributed by atoms with Crippen molar-refractivity contribution in [2.75, 3.05) is 0 Å². The molecule has 0 aromatic heterocycles. The Morgan fingerprint density at radius 1 is 0.579 bits per heavy atom. The fourth-order valence-corrected chi connectivity index (χ4v) is 0.915. The molecule has 0 amide bonds. The second-order valence-electron chi connectivity index (χ2n) is 2.91. The minimum Gasteiger partial charge on any atom is -0.794 e. The molecule has 0 aliphatic carbocycles. The molecule has 0 rings (SSSR count). The van der Waals surface area contributed by atoms with Gasteiger partial charge < -0.3 is 5.11 Å². The lowest BCUT2D eigenvalue weighted by Gasteiger charge is -2.45. The quantitative estimate of drug-likeness (QED) is 0.578. The van der Waals surface area contributed by atoms with Gasteiger partial charge in [-0.25, -0.2) is 13.2 Å². The van der Waals surface area contributed by atoms with E-state index in [1.54, 1.807) is 0 Å². The van der Waals surface area contributed by atoms with Gasteiger partial charge in [-0.15, -0.1) is 0 Å². The predicted octanol–water partition coefficient (Wildman–Crippen LogP) is 2.51. The molecule has 1 atom stereocenters. The molecule has 0 heterocycles. The maximum absolute atomic E-state index is 12.8. The highest BCUT2D eigenvalue weighted by Gasteiger charge is 2.80. The molecule has 0 saturated carbocycles. The lowest BCUT2D eigenvalue weighted by molar-refractivity contribution is -0.647. The zero-order chi connectivity index (χ0) is 16.1. The lowest BCUT2D eigenvalue weighted by Crippen LogP contribution is -2.76. The van der Waals surface area contributed by atoms with Crippen LogP contribution >= 0.6 is 0 Å². The monoisotopic (exact) mass is 318 g/mol. The summed E-state index contributed by atoms with van der Waals surface area (Å²) in [5, 5.41) is 9.64. The van der Waals surface area contributed by atoms with Crippen LogP contribution in [0.4, 0.5) is 52.7 Å². The summed E-state index contributed by atoms with van der Waals surface area (Å²) in [6.45, 7) is 0. The van der Waals surface area contributed by atoms with E-state index in [0.29, 0.717) is 0 Å². The minimum absolute atomic E-state index is 4.12. The first-order valence-corrected chi connectivity index (χ1v) is 3.64.